The Kier molecular flexibility index (Phi) is 4.76. The van der Waals surface area contributed by atoms with Gasteiger partial charge in [0.15, 0.2) is 0 Å². The number of hydrogen-bond donors (Lipinski definition) is 1. The summed E-state index contributed by atoms with van der Waals surface area (Å²) >= 11 is 0. The quantitative estimate of drug-likeness (QED) is 0.929. The van der Waals surface area contributed by atoms with Crippen LogP contribution in [0.4, 0.5) is 0 Å². The first-order valence-electron chi connectivity index (χ1n) is 8.06. The first-order chi connectivity index (χ1) is 10.3. The van der Waals surface area contributed by atoms with Gasteiger partial charge < -0.3 is 10.1 Å². The van der Waals surface area contributed by atoms with Gasteiger partial charge in [0.25, 0.3) is 0 Å². The number of para-hydroxylation sites is 1. The Morgan fingerprint density at radius 2 is 1.95 bits per heavy atom. The summed E-state index contributed by atoms with van der Waals surface area (Å²) in [5.41, 5.74) is 1.10. The molecule has 0 spiro atoms. The van der Waals surface area contributed by atoms with Crippen molar-refractivity contribution in [2.75, 3.05) is 26.2 Å². The zero-order valence-electron chi connectivity index (χ0n) is 12.5. The van der Waals surface area contributed by atoms with E-state index in [1.165, 1.54) is 25.7 Å². The highest BCUT2D eigenvalue weighted by molar-refractivity contribution is 5.78. The van der Waals surface area contributed by atoms with Crippen molar-refractivity contribution in [3.05, 3.63) is 29.8 Å². The van der Waals surface area contributed by atoms with Crippen LogP contribution in [-0.2, 0) is 4.79 Å². The lowest BCUT2D eigenvalue weighted by molar-refractivity contribution is -0.123. The summed E-state index contributed by atoms with van der Waals surface area (Å²) in [6.45, 7) is 3.31. The number of ether oxygens (including phenoxy) is 1. The maximum absolute atomic E-state index is 12.3. The summed E-state index contributed by atoms with van der Waals surface area (Å²) in [6, 6.07) is 8.09. The topological polar surface area (TPSA) is 41.6 Å². The van der Waals surface area contributed by atoms with E-state index in [2.05, 4.69) is 10.2 Å². The van der Waals surface area contributed by atoms with Crippen molar-refractivity contribution >= 4 is 5.91 Å². The van der Waals surface area contributed by atoms with Gasteiger partial charge in [-0.05, 0) is 32.0 Å². The molecule has 1 aromatic carbocycles. The predicted octanol–water partition coefficient (Wildman–Crippen LogP) is 2.50. The number of amides is 1. The molecular weight excluding hydrogens is 264 g/mol. The lowest BCUT2D eigenvalue weighted by atomic mass is 10.0. The highest BCUT2D eigenvalue weighted by Gasteiger charge is 2.23. The van der Waals surface area contributed by atoms with E-state index in [0.717, 1.165) is 30.8 Å². The minimum atomic E-state index is 0.0921. The maximum Gasteiger partial charge on any atom is 0.234 e. The number of likely N-dealkylation sites (tertiary alicyclic amines) is 1. The van der Waals surface area contributed by atoms with E-state index in [1.807, 2.05) is 24.3 Å². The molecule has 0 saturated carbocycles. The molecule has 2 aliphatic heterocycles. The van der Waals surface area contributed by atoms with Crippen molar-refractivity contribution in [2.24, 2.45) is 0 Å². The van der Waals surface area contributed by atoms with Gasteiger partial charge in [-0.15, -0.1) is 0 Å². The third-order valence-corrected chi connectivity index (χ3v) is 4.36. The minimum Gasteiger partial charge on any atom is -0.493 e. The molecule has 2 heterocycles. The third-order valence-electron chi connectivity index (χ3n) is 4.36. The van der Waals surface area contributed by atoms with E-state index in [-0.39, 0.29) is 11.9 Å². The molecule has 114 valence electrons. The minimum absolute atomic E-state index is 0.0921. The van der Waals surface area contributed by atoms with Crippen LogP contribution in [0.1, 0.15) is 43.7 Å². The lowest BCUT2D eigenvalue weighted by Crippen LogP contribution is -2.40. The van der Waals surface area contributed by atoms with Crippen LogP contribution in [0.5, 0.6) is 5.75 Å². The van der Waals surface area contributed by atoms with Crippen molar-refractivity contribution in [1.29, 1.82) is 0 Å². The van der Waals surface area contributed by atoms with Crippen molar-refractivity contribution in [1.82, 2.24) is 10.2 Å². The Morgan fingerprint density at radius 3 is 2.76 bits per heavy atom. The average molecular weight is 288 g/mol. The molecule has 3 rings (SSSR count). The molecule has 1 atom stereocenters. The predicted molar refractivity (Wildman–Crippen MR) is 82.3 cm³/mol. The molecule has 0 radical (unpaired) electrons. The summed E-state index contributed by atoms with van der Waals surface area (Å²) in [7, 11) is 0. The summed E-state index contributed by atoms with van der Waals surface area (Å²) < 4.78 is 5.64. The molecule has 1 aromatic rings. The smallest absolute Gasteiger partial charge is 0.234 e. The number of benzene rings is 1. The van der Waals surface area contributed by atoms with Crippen LogP contribution in [0.2, 0.25) is 0 Å². The van der Waals surface area contributed by atoms with Gasteiger partial charge in [-0.25, -0.2) is 0 Å². The second-order valence-electron chi connectivity index (χ2n) is 5.99. The Balaban J connectivity index is 1.58. The second-order valence-corrected chi connectivity index (χ2v) is 5.99. The molecule has 1 fully saturated rings. The van der Waals surface area contributed by atoms with E-state index in [4.69, 9.17) is 4.74 Å². The van der Waals surface area contributed by atoms with E-state index < -0.39 is 0 Å². The van der Waals surface area contributed by atoms with Crippen molar-refractivity contribution in [3.63, 3.8) is 0 Å². The molecule has 0 aromatic heterocycles. The molecule has 0 aliphatic carbocycles. The highest BCUT2D eigenvalue weighted by Crippen LogP contribution is 2.31. The lowest BCUT2D eigenvalue weighted by Gasteiger charge is -2.28. The first-order valence-corrected chi connectivity index (χ1v) is 8.06. The monoisotopic (exact) mass is 288 g/mol. The summed E-state index contributed by atoms with van der Waals surface area (Å²) in [5.74, 6) is 1.04. The Morgan fingerprint density at radius 1 is 1.19 bits per heavy atom. The number of fused-ring (bicyclic) bond motifs is 1. The van der Waals surface area contributed by atoms with Gasteiger partial charge in [-0.3, -0.25) is 9.69 Å². The van der Waals surface area contributed by atoms with Crippen LogP contribution in [0.15, 0.2) is 24.3 Å². The largest absolute Gasteiger partial charge is 0.493 e. The number of rotatable bonds is 3. The van der Waals surface area contributed by atoms with Crippen molar-refractivity contribution in [2.45, 2.75) is 38.1 Å². The Labute approximate surface area is 126 Å². The van der Waals surface area contributed by atoms with Gasteiger partial charge in [-0.2, -0.15) is 0 Å². The molecule has 2 aliphatic rings. The van der Waals surface area contributed by atoms with E-state index >= 15 is 0 Å². The molecule has 1 saturated heterocycles. The fourth-order valence-corrected chi connectivity index (χ4v) is 3.23. The van der Waals surface area contributed by atoms with Gasteiger partial charge in [-0.1, -0.05) is 31.0 Å². The molecule has 0 bridgehead atoms. The van der Waals surface area contributed by atoms with Crippen molar-refractivity contribution in [3.8, 4) is 5.75 Å². The van der Waals surface area contributed by atoms with Crippen molar-refractivity contribution < 1.29 is 9.53 Å². The van der Waals surface area contributed by atoms with Gasteiger partial charge in [0.2, 0.25) is 5.91 Å². The first kappa shape index (κ1) is 14.4. The van der Waals surface area contributed by atoms with E-state index in [1.54, 1.807) is 0 Å². The SMILES string of the molecule is O=C(CN1CCCCCC1)NC1CCOc2ccccc21. The highest BCUT2D eigenvalue weighted by atomic mass is 16.5. The fraction of sp³-hybridized carbons (Fsp3) is 0.588. The van der Waals surface area contributed by atoms with Crippen LogP contribution in [-0.4, -0.2) is 37.0 Å². The molecule has 1 unspecified atom stereocenters. The average Bonchev–Trinajstić information content (AvgIpc) is 2.76. The number of carbonyl (C=O) groups excluding carboxylic acids is 1. The van der Waals surface area contributed by atoms with Gasteiger partial charge in [0.1, 0.15) is 5.75 Å². The molecule has 4 nitrogen and oxygen atoms in total. The van der Waals surface area contributed by atoms with E-state index in [0.29, 0.717) is 13.2 Å². The van der Waals surface area contributed by atoms with Crippen LogP contribution in [0.3, 0.4) is 0 Å². The Bertz CT molecular complexity index is 481. The summed E-state index contributed by atoms with van der Waals surface area (Å²) in [5, 5.41) is 3.18. The van der Waals surface area contributed by atoms with Crippen LogP contribution < -0.4 is 10.1 Å². The normalized spacial score (nSPS) is 22.8. The molecule has 21 heavy (non-hydrogen) atoms. The number of nitrogens with one attached hydrogen (secondary N) is 1. The summed E-state index contributed by atoms with van der Waals surface area (Å²) in [6.07, 6.45) is 5.88. The standard InChI is InChI=1S/C17H24N2O2/c20-17(13-19-10-5-1-2-6-11-19)18-15-9-12-21-16-8-4-3-7-14(15)16/h3-4,7-8,15H,1-2,5-6,9-13H2,(H,18,20). The van der Waals surface area contributed by atoms with Crippen LogP contribution in [0, 0.1) is 0 Å². The second kappa shape index (κ2) is 6.94. The number of hydrogen-bond acceptors (Lipinski definition) is 3. The zero-order valence-corrected chi connectivity index (χ0v) is 12.5. The molecule has 4 heteroatoms. The third kappa shape index (κ3) is 3.76. The maximum atomic E-state index is 12.3. The summed E-state index contributed by atoms with van der Waals surface area (Å²) in [4.78, 5) is 14.6. The number of carbonyl (C=O) groups is 1. The fourth-order valence-electron chi connectivity index (χ4n) is 3.23. The Hall–Kier alpha value is -1.55. The van der Waals surface area contributed by atoms with Crippen LogP contribution in [0.25, 0.3) is 0 Å². The van der Waals surface area contributed by atoms with E-state index in [9.17, 15) is 4.79 Å². The number of nitrogens with zero attached hydrogens (tertiary/aromatic N) is 1. The zero-order chi connectivity index (χ0) is 14.5. The van der Waals surface area contributed by atoms with Crippen LogP contribution >= 0.6 is 0 Å². The van der Waals surface area contributed by atoms with Gasteiger partial charge in [0.05, 0.1) is 19.2 Å². The van der Waals surface area contributed by atoms with Gasteiger partial charge >= 0.3 is 0 Å². The molecule has 1 N–H and O–H groups in total. The molecule has 1 amide bonds. The van der Waals surface area contributed by atoms with Gasteiger partial charge in [0, 0.05) is 12.0 Å². The molecular formula is C17H24N2O2.